The minimum absolute atomic E-state index is 0.343. The van der Waals surface area contributed by atoms with Crippen LogP contribution in [-0.2, 0) is 11.2 Å². The number of aryl methyl sites for hydroxylation is 1. The summed E-state index contributed by atoms with van der Waals surface area (Å²) in [6.07, 6.45) is 2.47. The van der Waals surface area contributed by atoms with Gasteiger partial charge in [0.15, 0.2) is 0 Å². The van der Waals surface area contributed by atoms with E-state index in [0.29, 0.717) is 18.6 Å². The van der Waals surface area contributed by atoms with Crippen molar-refractivity contribution in [2.24, 2.45) is 0 Å². The molecule has 0 bridgehead atoms. The van der Waals surface area contributed by atoms with Crippen molar-refractivity contribution in [3.63, 3.8) is 0 Å². The summed E-state index contributed by atoms with van der Waals surface area (Å²) < 4.78 is 0. The Morgan fingerprint density at radius 1 is 0.800 bits per heavy atom. The van der Waals surface area contributed by atoms with Gasteiger partial charge in [0.1, 0.15) is 5.78 Å². The normalized spacial score (nSPS) is 9.55. The molecule has 0 fully saturated rings. The first-order valence-electron chi connectivity index (χ1n) is 7.37. The number of carbonyl (C=O) groups excluding carboxylic acids is 1. The van der Waals surface area contributed by atoms with Gasteiger partial charge in [-0.05, 0) is 23.1 Å². The van der Waals surface area contributed by atoms with Gasteiger partial charge in [0.05, 0.1) is 0 Å². The van der Waals surface area contributed by atoms with E-state index in [0.717, 1.165) is 6.42 Å². The van der Waals surface area contributed by atoms with Gasteiger partial charge < -0.3 is 0 Å². The van der Waals surface area contributed by atoms with Gasteiger partial charge in [0.25, 0.3) is 0 Å². The third-order valence-electron chi connectivity index (χ3n) is 3.27. The Hall–Kier alpha value is -1.89. The summed E-state index contributed by atoms with van der Waals surface area (Å²) in [5.41, 5.74) is 4.08. The summed E-state index contributed by atoms with van der Waals surface area (Å²) in [5, 5.41) is 0. The maximum atomic E-state index is 10.2. The van der Waals surface area contributed by atoms with Crippen LogP contribution < -0.4 is 0 Å². The number of benzene rings is 2. The molecule has 0 aliphatic rings. The Morgan fingerprint density at radius 3 is 1.85 bits per heavy atom. The van der Waals surface area contributed by atoms with E-state index in [4.69, 9.17) is 0 Å². The van der Waals surface area contributed by atoms with E-state index < -0.39 is 0 Å². The average Bonchev–Trinajstić information content (AvgIpc) is 2.55. The van der Waals surface area contributed by atoms with E-state index in [1.54, 1.807) is 0 Å². The third-order valence-corrected chi connectivity index (χ3v) is 3.27. The number of rotatable bonds is 4. The molecule has 1 heteroatoms. The Bertz CT molecular complexity index is 508. The van der Waals surface area contributed by atoms with Gasteiger partial charge >= 0.3 is 0 Å². The molecule has 2 aromatic carbocycles. The fraction of sp³-hybridized carbons (Fsp3) is 0.316. The van der Waals surface area contributed by atoms with Crippen LogP contribution in [0.2, 0.25) is 0 Å². The third kappa shape index (κ3) is 5.00. The maximum Gasteiger partial charge on any atom is 0.132 e. The molecule has 0 spiro atoms. The van der Waals surface area contributed by atoms with E-state index in [-0.39, 0.29) is 0 Å². The summed E-state index contributed by atoms with van der Waals surface area (Å²) in [4.78, 5) is 10.2. The molecule has 0 radical (unpaired) electrons. The first kappa shape index (κ1) is 16.2. The zero-order valence-electron chi connectivity index (χ0n) is 12.7. The molecular weight excluding hydrogens is 244 g/mol. The Morgan fingerprint density at radius 2 is 1.35 bits per heavy atom. The fourth-order valence-corrected chi connectivity index (χ4v) is 1.98. The molecule has 0 unspecified atom stereocenters. The van der Waals surface area contributed by atoms with Gasteiger partial charge in [-0.2, -0.15) is 0 Å². The molecule has 0 N–H and O–H groups in total. The van der Waals surface area contributed by atoms with Crippen molar-refractivity contribution in [2.45, 2.75) is 40.0 Å². The van der Waals surface area contributed by atoms with E-state index in [1.165, 1.54) is 16.7 Å². The van der Waals surface area contributed by atoms with Crippen molar-refractivity contribution < 1.29 is 4.79 Å². The first-order valence-corrected chi connectivity index (χ1v) is 7.37. The summed E-state index contributed by atoms with van der Waals surface area (Å²) in [7, 11) is 0. The quantitative estimate of drug-likeness (QED) is 0.736. The molecule has 1 nitrogen and oxygen atoms in total. The highest BCUT2D eigenvalue weighted by Crippen LogP contribution is 2.23. The van der Waals surface area contributed by atoms with E-state index in [2.05, 4.69) is 61.5 Å². The van der Waals surface area contributed by atoms with Crippen molar-refractivity contribution in [1.82, 2.24) is 0 Å². The molecule has 0 heterocycles. The van der Waals surface area contributed by atoms with Crippen LogP contribution in [0.1, 0.15) is 39.2 Å². The lowest BCUT2D eigenvalue weighted by molar-refractivity contribution is -0.118. The van der Waals surface area contributed by atoms with Gasteiger partial charge in [-0.25, -0.2) is 0 Å². The van der Waals surface area contributed by atoms with Crippen LogP contribution in [0.5, 0.6) is 0 Å². The summed E-state index contributed by atoms with van der Waals surface area (Å²) in [6, 6.07) is 19.1. The van der Waals surface area contributed by atoms with Gasteiger partial charge in [-0.3, -0.25) is 4.79 Å². The predicted octanol–water partition coefficient (Wildman–Crippen LogP) is 5.29. The minimum Gasteiger partial charge on any atom is -0.300 e. The van der Waals surface area contributed by atoms with Gasteiger partial charge in [-0.1, -0.05) is 75.4 Å². The van der Waals surface area contributed by atoms with Crippen molar-refractivity contribution in [2.75, 3.05) is 0 Å². The van der Waals surface area contributed by atoms with Gasteiger partial charge in [0.2, 0.25) is 0 Å². The molecule has 0 atom stereocenters. The molecule has 0 saturated heterocycles. The Balaban J connectivity index is 0.000000286. The molecule has 2 aromatic rings. The lowest BCUT2D eigenvalue weighted by atomic mass is 9.98. The molecule has 2 rings (SSSR count). The molecule has 20 heavy (non-hydrogen) atoms. The zero-order chi connectivity index (χ0) is 14.8. The molecule has 0 aliphatic carbocycles. The van der Waals surface area contributed by atoms with Crippen LogP contribution in [0.3, 0.4) is 0 Å². The van der Waals surface area contributed by atoms with Gasteiger partial charge in [-0.15, -0.1) is 0 Å². The number of hydrogen-bond donors (Lipinski definition) is 0. The molecule has 0 aliphatic heterocycles. The lowest BCUT2D eigenvalue weighted by Crippen LogP contribution is -1.88. The van der Waals surface area contributed by atoms with Crippen molar-refractivity contribution in [3.8, 4) is 11.1 Å². The van der Waals surface area contributed by atoms with E-state index in [1.807, 2.05) is 13.8 Å². The summed E-state index contributed by atoms with van der Waals surface area (Å²) in [5.74, 6) is 0.343. The van der Waals surface area contributed by atoms with Crippen LogP contribution in [-0.4, -0.2) is 5.78 Å². The second kappa shape index (κ2) is 9.08. The second-order valence-corrected chi connectivity index (χ2v) is 4.62. The van der Waals surface area contributed by atoms with Crippen LogP contribution in [0, 0.1) is 0 Å². The van der Waals surface area contributed by atoms with Crippen LogP contribution >= 0.6 is 0 Å². The van der Waals surface area contributed by atoms with Crippen LogP contribution in [0.25, 0.3) is 11.1 Å². The van der Waals surface area contributed by atoms with Gasteiger partial charge in [0, 0.05) is 12.8 Å². The molecular formula is C19H24O. The summed E-state index contributed by atoms with van der Waals surface area (Å²) >= 11 is 0. The largest absolute Gasteiger partial charge is 0.300 e. The molecule has 0 saturated carbocycles. The SMILES string of the molecule is CCC(=O)CC.CCc1ccccc1-c1ccccc1. The highest BCUT2D eigenvalue weighted by atomic mass is 16.1. The lowest BCUT2D eigenvalue weighted by Gasteiger charge is -2.06. The fourth-order valence-electron chi connectivity index (χ4n) is 1.98. The van der Waals surface area contributed by atoms with Crippen LogP contribution in [0.15, 0.2) is 54.6 Å². The smallest absolute Gasteiger partial charge is 0.132 e. The zero-order valence-corrected chi connectivity index (χ0v) is 12.7. The van der Waals surface area contributed by atoms with E-state index in [9.17, 15) is 4.79 Å². The number of ketones is 1. The number of Topliss-reactive ketones (excluding diaryl/α,β-unsaturated/α-hetero) is 1. The van der Waals surface area contributed by atoms with E-state index >= 15 is 0 Å². The Kier molecular flexibility index (Phi) is 7.34. The van der Waals surface area contributed by atoms with Crippen molar-refractivity contribution >= 4 is 5.78 Å². The highest BCUT2D eigenvalue weighted by Gasteiger charge is 2.00. The topological polar surface area (TPSA) is 17.1 Å². The van der Waals surface area contributed by atoms with Crippen LogP contribution in [0.4, 0.5) is 0 Å². The summed E-state index contributed by atoms with van der Waals surface area (Å²) in [6.45, 7) is 5.96. The second-order valence-electron chi connectivity index (χ2n) is 4.62. The molecule has 106 valence electrons. The van der Waals surface area contributed by atoms with Crippen molar-refractivity contribution in [3.05, 3.63) is 60.2 Å². The monoisotopic (exact) mass is 268 g/mol. The number of carbonyl (C=O) groups is 1. The first-order chi connectivity index (χ1) is 9.72. The standard InChI is InChI=1S/C14H14.C5H10O/c1-2-12-8-6-7-11-14(12)13-9-4-3-5-10-13;1-3-5(6)4-2/h3-11H,2H2,1H3;3-4H2,1-2H3. The maximum absolute atomic E-state index is 10.2. The minimum atomic E-state index is 0.343. The van der Waals surface area contributed by atoms with Crippen molar-refractivity contribution in [1.29, 1.82) is 0 Å². The number of hydrogen-bond acceptors (Lipinski definition) is 1. The Labute approximate surface area is 122 Å². The molecule has 0 amide bonds. The predicted molar refractivity (Wildman–Crippen MR) is 86.8 cm³/mol. The molecule has 0 aromatic heterocycles. The highest BCUT2D eigenvalue weighted by molar-refractivity contribution is 5.77. The average molecular weight is 268 g/mol.